The molecule has 2 aromatic carbocycles. The Hall–Kier alpha value is -3.03. The van der Waals surface area contributed by atoms with Crippen LogP contribution in [0.15, 0.2) is 53.4 Å². The van der Waals surface area contributed by atoms with Crippen LogP contribution in [-0.4, -0.2) is 39.2 Å². The average molecular weight is 483 g/mol. The minimum atomic E-state index is -0.607. The van der Waals surface area contributed by atoms with E-state index < -0.39 is 23.7 Å². The number of hydrogen-bond donors (Lipinski definition) is 0. The fourth-order valence-electron chi connectivity index (χ4n) is 3.81. The molecule has 1 fully saturated rings. The first-order valence-electron chi connectivity index (χ1n) is 10.5. The minimum Gasteiger partial charge on any atom is -0.462 e. The Bertz CT molecular complexity index is 1280. The van der Waals surface area contributed by atoms with Gasteiger partial charge in [-0.2, -0.15) is 0 Å². The summed E-state index contributed by atoms with van der Waals surface area (Å²) in [5, 5.41) is 1.19. The van der Waals surface area contributed by atoms with Crippen LogP contribution >= 0.6 is 23.4 Å². The molecule has 1 aliphatic heterocycles. The van der Waals surface area contributed by atoms with Crippen molar-refractivity contribution in [1.29, 1.82) is 0 Å². The van der Waals surface area contributed by atoms with E-state index in [1.165, 1.54) is 0 Å². The van der Waals surface area contributed by atoms with E-state index in [1.54, 1.807) is 19.9 Å². The number of carbonyl (C=O) groups excluding carboxylic acids is 3. The van der Waals surface area contributed by atoms with Gasteiger partial charge in [-0.1, -0.05) is 41.9 Å². The van der Waals surface area contributed by atoms with Gasteiger partial charge >= 0.3 is 5.97 Å². The molecule has 33 heavy (non-hydrogen) atoms. The summed E-state index contributed by atoms with van der Waals surface area (Å²) in [6.45, 7) is 5.67. The number of imide groups is 1. The Labute approximate surface area is 201 Å². The summed E-state index contributed by atoms with van der Waals surface area (Å²) in [4.78, 5) is 38.5. The summed E-state index contributed by atoms with van der Waals surface area (Å²) in [5.74, 6) is -1.09. The fraction of sp³-hybridized carbons (Fsp3) is 0.240. The van der Waals surface area contributed by atoms with E-state index in [4.69, 9.17) is 16.3 Å². The van der Waals surface area contributed by atoms with Crippen molar-refractivity contribution < 1.29 is 19.1 Å². The zero-order chi connectivity index (χ0) is 23.7. The highest BCUT2D eigenvalue weighted by Crippen LogP contribution is 2.35. The van der Waals surface area contributed by atoms with Crippen molar-refractivity contribution in [2.24, 2.45) is 0 Å². The second kappa shape index (κ2) is 9.45. The molecule has 0 atom stereocenters. The van der Waals surface area contributed by atoms with Crippen molar-refractivity contribution in [3.63, 3.8) is 0 Å². The largest absolute Gasteiger partial charge is 0.462 e. The van der Waals surface area contributed by atoms with Crippen molar-refractivity contribution in [2.45, 2.75) is 33.4 Å². The van der Waals surface area contributed by atoms with Gasteiger partial charge in [0, 0.05) is 33.7 Å². The van der Waals surface area contributed by atoms with Gasteiger partial charge in [-0.25, -0.2) is 0 Å². The average Bonchev–Trinajstić information content (AvgIpc) is 3.18. The Morgan fingerprint density at radius 1 is 1.12 bits per heavy atom. The molecule has 2 amide bonds. The molecule has 0 saturated carbocycles. The van der Waals surface area contributed by atoms with Crippen molar-refractivity contribution in [2.75, 3.05) is 6.54 Å². The summed E-state index contributed by atoms with van der Waals surface area (Å²) >= 11 is 6.86. The molecule has 0 bridgehead atoms. The molecule has 0 N–H and O–H groups in total. The molecule has 0 unspecified atom stereocenters. The summed E-state index contributed by atoms with van der Waals surface area (Å²) < 4.78 is 7.26. The SMILES string of the molecule is Cc1c(/C=C2/SC(=O)N(CC(=O)OC(C)C)C2=O)c2ccccc2n1Cc1ccc(Cl)cc1. The molecule has 6 nitrogen and oxygen atoms in total. The lowest BCUT2D eigenvalue weighted by molar-refractivity contribution is -0.149. The van der Waals surface area contributed by atoms with Crippen LogP contribution in [0.3, 0.4) is 0 Å². The van der Waals surface area contributed by atoms with E-state index in [0.29, 0.717) is 11.6 Å². The zero-order valence-corrected chi connectivity index (χ0v) is 20.1. The molecule has 8 heteroatoms. The van der Waals surface area contributed by atoms with E-state index in [2.05, 4.69) is 4.57 Å². The van der Waals surface area contributed by atoms with Crippen LogP contribution < -0.4 is 0 Å². The number of thioether (sulfide) groups is 1. The van der Waals surface area contributed by atoms with E-state index in [9.17, 15) is 14.4 Å². The van der Waals surface area contributed by atoms with E-state index in [1.807, 2.05) is 55.5 Å². The first kappa shape index (κ1) is 23.1. The number of esters is 1. The molecule has 1 aliphatic rings. The standard InChI is InChI=1S/C25H23ClN2O4S/c1-15(2)32-23(29)14-28-24(30)22(33-25(28)31)12-20-16(3)27(21-7-5-4-6-19(20)21)13-17-8-10-18(26)11-9-17/h4-12,15H,13-14H2,1-3H3/b22-12+. The van der Waals surface area contributed by atoms with E-state index in [0.717, 1.165) is 44.4 Å². The summed E-state index contributed by atoms with van der Waals surface area (Å²) in [5.41, 5.74) is 3.96. The first-order chi connectivity index (χ1) is 15.7. The fourth-order valence-corrected chi connectivity index (χ4v) is 4.76. The molecule has 0 radical (unpaired) electrons. The number of benzene rings is 2. The molecular weight excluding hydrogens is 460 g/mol. The number of aromatic nitrogens is 1. The van der Waals surface area contributed by atoms with E-state index >= 15 is 0 Å². The van der Waals surface area contributed by atoms with Crippen LogP contribution in [0, 0.1) is 6.92 Å². The predicted molar refractivity (Wildman–Crippen MR) is 131 cm³/mol. The molecule has 1 aromatic heterocycles. The van der Waals surface area contributed by atoms with Gasteiger partial charge in [-0.05, 0) is 62.4 Å². The molecule has 0 aliphatic carbocycles. The first-order valence-corrected chi connectivity index (χ1v) is 11.7. The van der Waals surface area contributed by atoms with Gasteiger partial charge in [-0.15, -0.1) is 0 Å². The Balaban J connectivity index is 1.68. The second-order valence-electron chi connectivity index (χ2n) is 8.04. The Morgan fingerprint density at radius 2 is 1.82 bits per heavy atom. The number of nitrogens with zero attached hydrogens (tertiary/aromatic N) is 2. The van der Waals surface area contributed by atoms with Crippen molar-refractivity contribution in [1.82, 2.24) is 9.47 Å². The Kier molecular flexibility index (Phi) is 6.63. The van der Waals surface area contributed by atoms with Crippen LogP contribution in [0.5, 0.6) is 0 Å². The van der Waals surface area contributed by atoms with Crippen LogP contribution in [0.1, 0.15) is 30.7 Å². The van der Waals surface area contributed by atoms with Gasteiger partial charge in [0.05, 0.1) is 11.0 Å². The Morgan fingerprint density at radius 3 is 2.52 bits per heavy atom. The molecule has 4 rings (SSSR count). The number of amides is 2. The van der Waals surface area contributed by atoms with Gasteiger partial charge in [0.25, 0.3) is 11.1 Å². The van der Waals surface area contributed by atoms with Gasteiger partial charge in [0.15, 0.2) is 0 Å². The maximum absolute atomic E-state index is 12.9. The second-order valence-corrected chi connectivity index (χ2v) is 9.46. The molecule has 2 heterocycles. The van der Waals surface area contributed by atoms with Crippen molar-refractivity contribution >= 4 is 57.5 Å². The summed E-state index contributed by atoms with van der Waals surface area (Å²) in [6, 6.07) is 15.6. The van der Waals surface area contributed by atoms with Crippen molar-refractivity contribution in [3.05, 3.63) is 75.3 Å². The van der Waals surface area contributed by atoms with Gasteiger partial charge in [0.1, 0.15) is 6.54 Å². The number of fused-ring (bicyclic) bond motifs is 1. The normalized spacial score (nSPS) is 15.3. The van der Waals surface area contributed by atoms with Crippen LogP contribution in [0.4, 0.5) is 4.79 Å². The number of rotatable bonds is 6. The molecule has 1 saturated heterocycles. The van der Waals surface area contributed by atoms with Crippen LogP contribution in [-0.2, 0) is 20.9 Å². The maximum atomic E-state index is 12.9. The lowest BCUT2D eigenvalue weighted by Gasteiger charge is -2.13. The topological polar surface area (TPSA) is 68.6 Å². The monoisotopic (exact) mass is 482 g/mol. The molecule has 170 valence electrons. The number of ether oxygens (including phenoxy) is 1. The zero-order valence-electron chi connectivity index (χ0n) is 18.5. The number of halogens is 1. The molecule has 0 spiro atoms. The minimum absolute atomic E-state index is 0.287. The highest BCUT2D eigenvalue weighted by Gasteiger charge is 2.37. The number of hydrogen-bond acceptors (Lipinski definition) is 5. The highest BCUT2D eigenvalue weighted by atomic mass is 35.5. The third kappa shape index (κ3) is 4.84. The highest BCUT2D eigenvalue weighted by molar-refractivity contribution is 8.18. The van der Waals surface area contributed by atoms with E-state index in [-0.39, 0.29) is 11.0 Å². The number of para-hydroxylation sites is 1. The predicted octanol–water partition coefficient (Wildman–Crippen LogP) is 5.64. The van der Waals surface area contributed by atoms with Crippen LogP contribution in [0.2, 0.25) is 5.02 Å². The smallest absolute Gasteiger partial charge is 0.326 e. The van der Waals surface area contributed by atoms with Crippen LogP contribution in [0.25, 0.3) is 17.0 Å². The van der Waals surface area contributed by atoms with Crippen molar-refractivity contribution in [3.8, 4) is 0 Å². The molecule has 3 aromatic rings. The third-order valence-corrected chi connectivity index (χ3v) is 6.50. The summed E-state index contributed by atoms with van der Waals surface area (Å²) in [6.07, 6.45) is 1.43. The summed E-state index contributed by atoms with van der Waals surface area (Å²) in [7, 11) is 0. The van der Waals surface area contributed by atoms with Gasteiger partial charge in [0.2, 0.25) is 0 Å². The quantitative estimate of drug-likeness (QED) is 0.336. The van der Waals surface area contributed by atoms with Gasteiger partial charge < -0.3 is 9.30 Å². The lowest BCUT2D eigenvalue weighted by Crippen LogP contribution is -2.35. The third-order valence-electron chi connectivity index (χ3n) is 5.34. The number of carbonyl (C=O) groups is 3. The van der Waals surface area contributed by atoms with Gasteiger partial charge in [-0.3, -0.25) is 19.3 Å². The molecular formula is C25H23ClN2O4S. The lowest BCUT2D eigenvalue weighted by atomic mass is 10.1. The maximum Gasteiger partial charge on any atom is 0.326 e.